The van der Waals surface area contributed by atoms with Crippen molar-refractivity contribution in [2.24, 2.45) is 0 Å². The molecule has 1 fully saturated rings. The smallest absolute Gasteiger partial charge is 0.338 e. The number of carbonyl (C=O) groups is 1. The van der Waals surface area contributed by atoms with Crippen LogP contribution in [0, 0.1) is 0 Å². The molecule has 4 aromatic rings. The Hall–Kier alpha value is -3.79. The number of thioether (sulfide) groups is 1. The summed E-state index contributed by atoms with van der Waals surface area (Å²) < 4.78 is 18.2. The summed E-state index contributed by atoms with van der Waals surface area (Å²) in [5.41, 5.74) is 7.76. The summed E-state index contributed by atoms with van der Waals surface area (Å²) >= 11 is 1.14. The van der Waals surface area contributed by atoms with Gasteiger partial charge >= 0.3 is 5.97 Å². The van der Waals surface area contributed by atoms with Crippen LogP contribution in [-0.4, -0.2) is 89.3 Å². The van der Waals surface area contributed by atoms with Crippen LogP contribution in [0.3, 0.4) is 0 Å². The fourth-order valence-electron chi connectivity index (χ4n) is 4.24. The summed E-state index contributed by atoms with van der Waals surface area (Å²) in [4.78, 5) is 24.9. The molecule has 2 aromatic heterocycles. The molecule has 41 heavy (non-hydrogen) atoms. The van der Waals surface area contributed by atoms with Gasteiger partial charge in [-0.3, -0.25) is 4.57 Å². The summed E-state index contributed by atoms with van der Waals surface area (Å²) in [5, 5.41) is 41.2. The predicted molar refractivity (Wildman–Crippen MR) is 147 cm³/mol. The third kappa shape index (κ3) is 6.43. The molecule has 1 aliphatic heterocycles. The highest BCUT2D eigenvalue weighted by molar-refractivity contribution is 7.99. The van der Waals surface area contributed by atoms with E-state index in [9.17, 15) is 25.2 Å². The number of nitrogen functional groups attached to an aromatic ring is 1. The van der Waals surface area contributed by atoms with Gasteiger partial charge in [-0.25, -0.2) is 19.7 Å². The van der Waals surface area contributed by atoms with Crippen LogP contribution in [0.15, 0.2) is 66.1 Å². The second-order valence-corrected chi connectivity index (χ2v) is 10.3. The van der Waals surface area contributed by atoms with E-state index in [0.717, 1.165) is 17.3 Å². The first-order valence-corrected chi connectivity index (χ1v) is 13.7. The van der Waals surface area contributed by atoms with Crippen molar-refractivity contribution in [2.75, 3.05) is 24.7 Å². The molecule has 0 bridgehead atoms. The van der Waals surface area contributed by atoms with Gasteiger partial charge in [-0.1, -0.05) is 42.1 Å². The zero-order valence-corrected chi connectivity index (χ0v) is 22.5. The van der Waals surface area contributed by atoms with E-state index in [1.54, 1.807) is 24.3 Å². The summed E-state index contributed by atoms with van der Waals surface area (Å²) in [6, 6.07) is 15.8. The SMILES string of the molecule is Nc1ncnc2c1nc(SCC(O)COc1ccc(C(=O)OCc3ccccc3)cc1)n2[C@@H]1O[C@H](CO)[C@@H](O)[C@H]1O. The fourth-order valence-corrected chi connectivity index (χ4v) is 5.16. The molecule has 0 spiro atoms. The van der Waals surface area contributed by atoms with E-state index in [1.807, 2.05) is 30.3 Å². The number of esters is 1. The zero-order valence-electron chi connectivity index (χ0n) is 21.7. The van der Waals surface area contributed by atoms with Crippen molar-refractivity contribution < 1.29 is 39.4 Å². The Morgan fingerprint density at radius 2 is 1.85 bits per heavy atom. The van der Waals surface area contributed by atoms with Gasteiger partial charge < -0.3 is 40.4 Å². The molecule has 13 nitrogen and oxygen atoms in total. The zero-order chi connectivity index (χ0) is 28.9. The predicted octanol–water partition coefficient (Wildman–Crippen LogP) is 0.909. The number of nitrogens with zero attached hydrogens (tertiary/aromatic N) is 4. The molecule has 5 rings (SSSR count). The Labute approximate surface area is 238 Å². The van der Waals surface area contributed by atoms with Crippen LogP contribution < -0.4 is 10.5 Å². The number of rotatable bonds is 11. The lowest BCUT2D eigenvalue weighted by molar-refractivity contribution is -0.0548. The monoisotopic (exact) mass is 583 g/mol. The minimum absolute atomic E-state index is 0.0547. The molecule has 6 N–H and O–H groups in total. The van der Waals surface area contributed by atoms with Gasteiger partial charge in [0.25, 0.3) is 0 Å². The number of ether oxygens (including phenoxy) is 3. The number of anilines is 1. The van der Waals surface area contributed by atoms with E-state index in [1.165, 1.54) is 10.9 Å². The highest BCUT2D eigenvalue weighted by Crippen LogP contribution is 2.36. The number of hydrogen-bond acceptors (Lipinski definition) is 13. The van der Waals surface area contributed by atoms with Crippen molar-refractivity contribution in [2.45, 2.75) is 42.4 Å². The van der Waals surface area contributed by atoms with Crippen LogP contribution >= 0.6 is 11.8 Å². The summed E-state index contributed by atoms with van der Waals surface area (Å²) in [5.74, 6) is 0.239. The third-order valence-corrected chi connectivity index (χ3v) is 7.49. The normalized spacial score (nSPS) is 21.2. The van der Waals surface area contributed by atoms with Crippen LogP contribution in [0.1, 0.15) is 22.1 Å². The van der Waals surface area contributed by atoms with Crippen LogP contribution in [0.5, 0.6) is 5.75 Å². The minimum Gasteiger partial charge on any atom is -0.491 e. The van der Waals surface area contributed by atoms with Gasteiger partial charge in [0.05, 0.1) is 18.3 Å². The molecule has 1 saturated heterocycles. The largest absolute Gasteiger partial charge is 0.491 e. The number of benzene rings is 2. The van der Waals surface area contributed by atoms with Gasteiger partial charge in [0, 0.05) is 5.75 Å². The maximum absolute atomic E-state index is 12.3. The Balaban J connectivity index is 1.19. The third-order valence-electron chi connectivity index (χ3n) is 6.39. The minimum atomic E-state index is -1.37. The van der Waals surface area contributed by atoms with Gasteiger partial charge in [-0.05, 0) is 29.8 Å². The summed E-state index contributed by atoms with van der Waals surface area (Å²) in [6.07, 6.45) is -4.49. The number of aromatic nitrogens is 4. The van der Waals surface area contributed by atoms with Gasteiger partial charge in [-0.2, -0.15) is 0 Å². The molecular formula is C27H29N5O8S. The molecule has 1 aliphatic rings. The maximum atomic E-state index is 12.3. The van der Waals surface area contributed by atoms with Crippen molar-refractivity contribution >= 4 is 34.7 Å². The molecule has 1 unspecified atom stereocenters. The molecular weight excluding hydrogens is 554 g/mol. The topological polar surface area (TPSA) is 195 Å². The summed E-state index contributed by atoms with van der Waals surface area (Å²) in [7, 11) is 0. The van der Waals surface area contributed by atoms with Crippen LogP contribution in [0.25, 0.3) is 11.2 Å². The van der Waals surface area contributed by atoms with Crippen molar-refractivity contribution in [3.63, 3.8) is 0 Å². The number of fused-ring (bicyclic) bond motifs is 1. The second kappa shape index (κ2) is 12.8. The molecule has 0 saturated carbocycles. The van der Waals surface area contributed by atoms with E-state index in [4.69, 9.17) is 19.9 Å². The molecule has 3 heterocycles. The Kier molecular flexibility index (Phi) is 8.97. The molecule has 0 aliphatic carbocycles. The van der Waals surface area contributed by atoms with Crippen LogP contribution in [-0.2, 0) is 16.1 Å². The van der Waals surface area contributed by atoms with E-state index in [2.05, 4.69) is 15.0 Å². The molecule has 0 amide bonds. The van der Waals surface area contributed by atoms with E-state index in [-0.39, 0.29) is 35.9 Å². The number of imidazole rings is 1. The van der Waals surface area contributed by atoms with Crippen molar-refractivity contribution in [3.05, 3.63) is 72.1 Å². The number of aliphatic hydroxyl groups is 4. The Bertz CT molecular complexity index is 1470. The van der Waals surface area contributed by atoms with E-state index < -0.39 is 43.2 Å². The molecule has 5 atom stereocenters. The average Bonchev–Trinajstić information content (AvgIpc) is 3.51. The van der Waals surface area contributed by atoms with Gasteiger partial charge in [0.1, 0.15) is 43.6 Å². The van der Waals surface area contributed by atoms with Gasteiger partial charge in [-0.15, -0.1) is 0 Å². The highest BCUT2D eigenvalue weighted by Gasteiger charge is 2.45. The van der Waals surface area contributed by atoms with Crippen molar-refractivity contribution in [1.82, 2.24) is 19.5 Å². The van der Waals surface area contributed by atoms with E-state index in [0.29, 0.717) is 16.5 Å². The first-order chi connectivity index (χ1) is 19.9. The number of hydrogen-bond donors (Lipinski definition) is 5. The van der Waals surface area contributed by atoms with Crippen LogP contribution in [0.4, 0.5) is 5.82 Å². The Morgan fingerprint density at radius 3 is 2.56 bits per heavy atom. The van der Waals surface area contributed by atoms with Gasteiger partial charge in [0.2, 0.25) is 0 Å². The molecule has 14 heteroatoms. The van der Waals surface area contributed by atoms with Gasteiger partial charge in [0.15, 0.2) is 28.4 Å². The second-order valence-electron chi connectivity index (χ2n) is 9.29. The number of aliphatic hydroxyl groups excluding tert-OH is 4. The van der Waals surface area contributed by atoms with Crippen LogP contribution in [0.2, 0.25) is 0 Å². The average molecular weight is 584 g/mol. The molecule has 2 aromatic carbocycles. The van der Waals surface area contributed by atoms with Crippen molar-refractivity contribution in [3.8, 4) is 5.75 Å². The number of nitrogens with two attached hydrogens (primary N) is 1. The Morgan fingerprint density at radius 1 is 1.10 bits per heavy atom. The lowest BCUT2D eigenvalue weighted by Crippen LogP contribution is -2.33. The first kappa shape index (κ1) is 28.7. The molecule has 216 valence electrons. The molecule has 0 radical (unpaired) electrons. The maximum Gasteiger partial charge on any atom is 0.338 e. The number of carbonyl (C=O) groups excluding carboxylic acids is 1. The lowest BCUT2D eigenvalue weighted by atomic mass is 10.1. The lowest BCUT2D eigenvalue weighted by Gasteiger charge is -2.19. The fraction of sp³-hybridized carbons (Fsp3) is 0.333. The van der Waals surface area contributed by atoms with Crippen molar-refractivity contribution in [1.29, 1.82) is 0 Å². The quantitative estimate of drug-likeness (QED) is 0.124. The standard InChI is InChI=1S/C27H29N5O8S/c28-23-20-24(30-14-29-23)32(25-22(36)21(35)19(10-33)40-25)27(31-20)41-13-17(34)12-38-18-8-6-16(7-9-18)26(37)39-11-15-4-2-1-3-5-15/h1-9,14,17,19,21-22,25,33-36H,10-13H2,(H2,28,29,30)/t17?,19-,21-,22-,25-/m1/s1. The highest BCUT2D eigenvalue weighted by atomic mass is 32.2. The first-order valence-electron chi connectivity index (χ1n) is 12.7. The van der Waals surface area contributed by atoms with E-state index >= 15 is 0 Å². The summed E-state index contributed by atoms with van der Waals surface area (Å²) in [6.45, 7) is -0.378.